The first-order chi connectivity index (χ1) is 44.9. The average Bonchev–Trinajstić information content (AvgIpc) is 0.913. The van der Waals surface area contributed by atoms with Crippen LogP contribution in [0.4, 0.5) is 0 Å². The number of hydrogen-bond donors (Lipinski definition) is 0. The van der Waals surface area contributed by atoms with Gasteiger partial charge in [0, 0.05) is 90.0 Å². The lowest BCUT2D eigenvalue weighted by atomic mass is 9.92. The summed E-state index contributed by atoms with van der Waals surface area (Å²) in [4.78, 5) is 153. The molecule has 0 saturated heterocycles. The third-order valence-corrected chi connectivity index (χ3v) is 18.1. The van der Waals surface area contributed by atoms with Crippen LogP contribution in [0.25, 0.3) is 0 Å². The van der Waals surface area contributed by atoms with E-state index in [1.807, 2.05) is 0 Å². The second-order valence-corrected chi connectivity index (χ2v) is 32.2. The molecule has 0 radical (unpaired) electrons. The van der Waals surface area contributed by atoms with Crippen LogP contribution in [-0.2, 0) is 114 Å². The molecular weight excluding hydrogens is 1340 g/mol. The fourth-order valence-electron chi connectivity index (χ4n) is 6.75. The predicted octanol–water partition coefficient (Wildman–Crippen LogP) is 9.94. The van der Waals surface area contributed by atoms with Crippen molar-refractivity contribution in [3.8, 4) is 0 Å². The summed E-state index contributed by atoms with van der Waals surface area (Å²) in [5, 5.41) is 0. The molecule has 0 saturated carbocycles. The van der Waals surface area contributed by atoms with Gasteiger partial charge in [-0.3, -0.25) is 38.4 Å². The lowest BCUT2D eigenvalue weighted by molar-refractivity contribution is -0.171. The number of carbonyl (C=O) groups excluding carboxylic acids is 12. The highest BCUT2D eigenvalue weighted by Gasteiger charge is 2.39. The molecule has 0 N–H and O–H groups in total. The highest BCUT2D eigenvalue weighted by atomic mass is 32.2. The Morgan fingerprint density at radius 3 is 0.608 bits per heavy atom. The molecule has 0 bridgehead atoms. The molecule has 0 aromatic carbocycles. The van der Waals surface area contributed by atoms with Crippen LogP contribution >= 0.6 is 47.0 Å². The van der Waals surface area contributed by atoms with E-state index < -0.39 is 149 Å². The molecule has 24 nitrogen and oxygen atoms in total. The van der Waals surface area contributed by atoms with Crippen LogP contribution in [0.5, 0.6) is 0 Å². The number of thioether (sulfide) groups is 4. The zero-order valence-electron chi connectivity index (χ0n) is 60.0. The van der Waals surface area contributed by atoms with Crippen molar-refractivity contribution < 1.29 is 114 Å². The Bertz CT molecular complexity index is 2320. The number of hydrogen-bond acceptors (Lipinski definition) is 28. The third kappa shape index (κ3) is 43.9. The van der Waals surface area contributed by atoms with Gasteiger partial charge in [0.05, 0.1) is 102 Å². The van der Waals surface area contributed by atoms with E-state index in [1.165, 1.54) is 74.7 Å². The van der Waals surface area contributed by atoms with E-state index >= 15 is 0 Å². The van der Waals surface area contributed by atoms with Crippen LogP contribution in [0.15, 0.2) is 48.6 Å². The Balaban J connectivity index is 6.43. The van der Waals surface area contributed by atoms with E-state index in [0.717, 1.165) is 0 Å². The minimum atomic E-state index is -1.68. The van der Waals surface area contributed by atoms with Crippen molar-refractivity contribution in [2.75, 3.05) is 125 Å². The van der Waals surface area contributed by atoms with Gasteiger partial charge in [0.25, 0.3) is 0 Å². The first kappa shape index (κ1) is 91.0. The number of rotatable bonds is 52. The third-order valence-electron chi connectivity index (χ3n) is 13.2. The van der Waals surface area contributed by atoms with Crippen molar-refractivity contribution in [2.45, 2.75) is 136 Å². The van der Waals surface area contributed by atoms with Gasteiger partial charge in [-0.2, -0.15) is 47.0 Å². The second-order valence-electron chi connectivity index (χ2n) is 27.6. The molecule has 0 aliphatic heterocycles. The fourth-order valence-corrected chi connectivity index (χ4v) is 10.6. The molecule has 0 aliphatic carbocycles. The second kappa shape index (κ2) is 46.4. The molecule has 0 spiro atoms. The summed E-state index contributed by atoms with van der Waals surface area (Å²) >= 11 is 5.11. The summed E-state index contributed by atoms with van der Waals surface area (Å²) in [7, 11) is 0. The Hall–Kier alpha value is -6.00. The topological polar surface area (TPSA) is 316 Å². The van der Waals surface area contributed by atoms with Crippen LogP contribution in [0.3, 0.4) is 0 Å². The number of esters is 12. The maximum atomic E-state index is 13.5. The quantitative estimate of drug-likeness (QED) is 0.0236. The summed E-state index contributed by atoms with van der Waals surface area (Å²) in [6.45, 7) is 38.8. The molecule has 4 atom stereocenters. The molecule has 28 heteroatoms. The summed E-state index contributed by atoms with van der Waals surface area (Å²) in [6, 6.07) is 0. The van der Waals surface area contributed by atoms with Gasteiger partial charge in [-0.05, 0) is 27.7 Å². The zero-order chi connectivity index (χ0) is 74.3. The number of ether oxygens (including phenoxy) is 12. The van der Waals surface area contributed by atoms with Crippen LogP contribution in [0.1, 0.15) is 136 Å². The monoisotopic (exact) mass is 1450 g/mol. The molecule has 552 valence electrons. The molecule has 4 unspecified atom stereocenters. The van der Waals surface area contributed by atoms with E-state index in [1.54, 1.807) is 83.1 Å². The largest absolute Gasteiger partial charge is 0.465 e. The van der Waals surface area contributed by atoms with E-state index in [2.05, 4.69) is 26.3 Å². The van der Waals surface area contributed by atoms with E-state index in [9.17, 15) is 57.5 Å². The lowest BCUT2D eigenvalue weighted by Gasteiger charge is -2.31. The van der Waals surface area contributed by atoms with Crippen molar-refractivity contribution in [2.24, 2.45) is 50.7 Å². The molecule has 0 aromatic heterocycles. The Kier molecular flexibility index (Phi) is 43.5. The maximum Gasteiger partial charge on any atom is 0.333 e. The highest BCUT2D eigenvalue weighted by molar-refractivity contribution is 8.00. The molecule has 0 rings (SSSR count). The van der Waals surface area contributed by atoms with Crippen molar-refractivity contribution in [1.82, 2.24) is 0 Å². The van der Waals surface area contributed by atoms with Crippen molar-refractivity contribution in [1.29, 1.82) is 0 Å². The Labute approximate surface area is 591 Å². The fraction of sp³-hybridized carbons (Fsp3) is 0.710. The van der Waals surface area contributed by atoms with E-state index in [-0.39, 0.29) is 147 Å². The molecule has 0 aliphatic rings. The minimum absolute atomic E-state index is 0.00550. The van der Waals surface area contributed by atoms with Crippen LogP contribution in [0, 0.1) is 50.7 Å². The summed E-state index contributed by atoms with van der Waals surface area (Å²) in [6.07, 6.45) is -0.641. The minimum Gasteiger partial charge on any atom is -0.465 e. The van der Waals surface area contributed by atoms with Crippen LogP contribution < -0.4 is 0 Å². The van der Waals surface area contributed by atoms with Gasteiger partial charge in [-0.1, -0.05) is 109 Å². The Morgan fingerprint density at radius 1 is 0.278 bits per heavy atom. The van der Waals surface area contributed by atoms with E-state index in [4.69, 9.17) is 56.8 Å². The van der Waals surface area contributed by atoms with Gasteiger partial charge >= 0.3 is 71.6 Å². The van der Waals surface area contributed by atoms with Crippen molar-refractivity contribution in [3.05, 3.63) is 48.6 Å². The molecule has 0 fully saturated rings. The van der Waals surface area contributed by atoms with Gasteiger partial charge in [0.1, 0.15) is 31.8 Å². The van der Waals surface area contributed by atoms with Crippen molar-refractivity contribution >= 4 is 119 Å². The average molecular weight is 1450 g/mol. The molecule has 0 amide bonds. The van der Waals surface area contributed by atoms with Gasteiger partial charge in [0.15, 0.2) is 0 Å². The van der Waals surface area contributed by atoms with Gasteiger partial charge in [-0.15, -0.1) is 0 Å². The normalized spacial score (nSPS) is 13.4. The summed E-state index contributed by atoms with van der Waals surface area (Å²) < 4.78 is 66.1. The SMILES string of the molecule is C=C(C)C(=O)OCC(C)(C)COC(=O)C(C)CSCCC(=O)OCC(COC(=O)CCSCC(C)C(=O)OCC(C)(C)COC(=O)C(=C)C)(COC(=O)CCSCC(C)C(=O)OCC(C)(C)COC(=O)C(=C)C)COC(=O)CCSCC(C)C(=O)OCC(C)(C)COC(=O)C(=C)C. The molecule has 0 heterocycles. The maximum absolute atomic E-state index is 13.5. The van der Waals surface area contributed by atoms with Gasteiger partial charge in [-0.25, -0.2) is 19.2 Å². The van der Waals surface area contributed by atoms with Crippen LogP contribution in [0.2, 0.25) is 0 Å². The summed E-state index contributed by atoms with van der Waals surface area (Å²) in [5.41, 5.74) is -3.47. The molecule has 97 heavy (non-hydrogen) atoms. The lowest BCUT2D eigenvalue weighted by Crippen LogP contribution is -2.44. The first-order valence-electron chi connectivity index (χ1n) is 31.8. The first-order valence-corrected chi connectivity index (χ1v) is 36.5. The van der Waals surface area contributed by atoms with E-state index in [0.29, 0.717) is 0 Å². The van der Waals surface area contributed by atoms with Crippen molar-refractivity contribution in [3.63, 3.8) is 0 Å². The molecule has 0 aromatic rings. The summed E-state index contributed by atoms with van der Waals surface area (Å²) in [5.74, 6) is -7.62. The standard InChI is InChI=1S/C69H108O24S4/c1-45(2)57(74)86-33-65(13,14)37-90-61(78)49(9)29-94-25-21-53(70)82-41-69(42-83-54(71)22-26-95-30-50(10)62(79)91-38-66(15,16)34-87-58(75)46(3)4,43-84-55(72)23-27-96-31-51(11)63(80)92-39-67(17,18)35-88-59(76)47(5)6)44-85-56(73)24-28-97-32-52(12)64(81)93-40-68(19,20)36-89-60(77)48(7)8/h49-52H,1,3,5,7,21-44H2,2,4,6,8-20H3. The zero-order valence-corrected chi connectivity index (χ0v) is 63.3. The van der Waals surface area contributed by atoms with Gasteiger partial charge in [0.2, 0.25) is 0 Å². The van der Waals surface area contributed by atoms with Crippen LogP contribution in [-0.4, -0.2) is 197 Å². The number of carbonyl (C=O) groups is 12. The Morgan fingerprint density at radius 2 is 0.443 bits per heavy atom. The predicted molar refractivity (Wildman–Crippen MR) is 373 cm³/mol. The highest BCUT2D eigenvalue weighted by Crippen LogP contribution is 2.27. The van der Waals surface area contributed by atoms with Gasteiger partial charge < -0.3 is 56.8 Å². The molecular formula is C69H108O24S4. The smallest absolute Gasteiger partial charge is 0.333 e.